The lowest BCUT2D eigenvalue weighted by atomic mass is 9.92. The lowest BCUT2D eigenvalue weighted by Crippen LogP contribution is -2.20. The Morgan fingerprint density at radius 2 is 1.78 bits per heavy atom. The summed E-state index contributed by atoms with van der Waals surface area (Å²) in [4.78, 5) is 24.9. The first kappa shape index (κ1) is 19.2. The normalized spacial score (nSPS) is 17.7. The maximum atomic E-state index is 12.7. The fourth-order valence-corrected chi connectivity index (χ4v) is 3.31. The van der Waals surface area contributed by atoms with Gasteiger partial charge in [0.2, 0.25) is 0 Å². The molecule has 140 valence electrons. The minimum absolute atomic E-state index is 0.213. The van der Waals surface area contributed by atoms with Gasteiger partial charge >= 0.3 is 5.97 Å². The quantitative estimate of drug-likeness (QED) is 0.565. The summed E-state index contributed by atoms with van der Waals surface area (Å²) >= 11 is 5.87. The molecule has 0 unspecified atom stereocenters. The summed E-state index contributed by atoms with van der Waals surface area (Å²) in [6, 6.07) is 16.9. The Hall–Kier alpha value is -2.59. The molecule has 0 spiro atoms. The van der Waals surface area contributed by atoms with E-state index in [1.54, 1.807) is 19.1 Å². The largest absolute Gasteiger partial charge is 0.507 e. The SMILES string of the molecule is C[C@H](Cc1ccc(Cl)cc1)C(=O)C1=C(O)[C@H](CCc2ccccc2)OC1=O. The average Bonchev–Trinajstić information content (AvgIpc) is 2.95. The molecule has 2 atom stereocenters. The van der Waals surface area contributed by atoms with E-state index in [2.05, 4.69) is 0 Å². The number of hydrogen-bond donors (Lipinski definition) is 1. The minimum atomic E-state index is -0.764. The van der Waals surface area contributed by atoms with Crippen LogP contribution >= 0.6 is 11.6 Å². The summed E-state index contributed by atoms with van der Waals surface area (Å²) in [5.74, 6) is -1.83. The average molecular weight is 385 g/mol. The zero-order valence-electron chi connectivity index (χ0n) is 15.0. The third kappa shape index (κ3) is 4.58. The number of esters is 1. The highest BCUT2D eigenvalue weighted by molar-refractivity contribution is 6.30. The minimum Gasteiger partial charge on any atom is -0.507 e. The molecule has 1 N–H and O–H groups in total. The summed E-state index contributed by atoms with van der Waals surface area (Å²) in [5, 5.41) is 11.0. The number of aliphatic hydroxyl groups excluding tert-OH is 1. The number of cyclic esters (lactones) is 1. The van der Waals surface area contributed by atoms with Gasteiger partial charge < -0.3 is 9.84 Å². The summed E-state index contributed by atoms with van der Waals surface area (Å²) in [5.41, 5.74) is 1.80. The van der Waals surface area contributed by atoms with E-state index in [9.17, 15) is 14.7 Å². The van der Waals surface area contributed by atoms with Gasteiger partial charge in [0.25, 0.3) is 0 Å². The number of rotatable bonds is 7. The van der Waals surface area contributed by atoms with E-state index in [-0.39, 0.29) is 11.3 Å². The fraction of sp³-hybridized carbons (Fsp3) is 0.273. The van der Waals surface area contributed by atoms with Crippen LogP contribution in [-0.2, 0) is 27.2 Å². The van der Waals surface area contributed by atoms with Crippen molar-refractivity contribution in [2.24, 2.45) is 5.92 Å². The van der Waals surface area contributed by atoms with E-state index in [1.807, 2.05) is 42.5 Å². The second-order valence-corrected chi connectivity index (χ2v) is 7.21. The van der Waals surface area contributed by atoms with Crippen LogP contribution in [0.25, 0.3) is 0 Å². The lowest BCUT2D eigenvalue weighted by molar-refractivity contribution is -0.141. The molecule has 1 aliphatic rings. The van der Waals surface area contributed by atoms with Gasteiger partial charge in [0.15, 0.2) is 17.6 Å². The molecule has 0 aliphatic carbocycles. The summed E-state index contributed by atoms with van der Waals surface area (Å²) in [6.07, 6.45) is 0.767. The molecular formula is C22H21ClO4. The highest BCUT2D eigenvalue weighted by atomic mass is 35.5. The molecule has 1 heterocycles. The smallest absolute Gasteiger partial charge is 0.346 e. The molecule has 5 heteroatoms. The van der Waals surface area contributed by atoms with Crippen molar-refractivity contribution in [3.8, 4) is 0 Å². The van der Waals surface area contributed by atoms with Crippen molar-refractivity contribution in [3.63, 3.8) is 0 Å². The van der Waals surface area contributed by atoms with E-state index in [1.165, 1.54) is 0 Å². The number of aryl methyl sites for hydroxylation is 1. The van der Waals surface area contributed by atoms with Crippen molar-refractivity contribution in [2.75, 3.05) is 0 Å². The highest BCUT2D eigenvalue weighted by Crippen LogP contribution is 2.28. The molecule has 0 bridgehead atoms. The van der Waals surface area contributed by atoms with Crippen molar-refractivity contribution in [2.45, 2.75) is 32.3 Å². The van der Waals surface area contributed by atoms with E-state index in [4.69, 9.17) is 16.3 Å². The second kappa shape index (κ2) is 8.40. The summed E-state index contributed by atoms with van der Waals surface area (Å²) in [6.45, 7) is 1.74. The standard InChI is InChI=1S/C22H21ClO4/c1-14(13-16-7-10-17(23)11-8-16)20(24)19-21(25)18(27-22(19)26)12-9-15-5-3-2-4-6-15/h2-8,10-11,14,18,25H,9,12-13H2,1H3/t14-,18+/m1/s1. The Bertz CT molecular complexity index is 856. The van der Waals surface area contributed by atoms with Crippen LogP contribution in [0.4, 0.5) is 0 Å². The topological polar surface area (TPSA) is 63.6 Å². The van der Waals surface area contributed by atoms with Gasteiger partial charge in [0.05, 0.1) is 0 Å². The fourth-order valence-electron chi connectivity index (χ4n) is 3.19. The number of ketones is 1. The van der Waals surface area contributed by atoms with Crippen LogP contribution in [0.1, 0.15) is 24.5 Å². The molecular weight excluding hydrogens is 364 g/mol. The lowest BCUT2D eigenvalue weighted by Gasteiger charge is -2.10. The van der Waals surface area contributed by atoms with Crippen LogP contribution in [0.15, 0.2) is 65.9 Å². The molecule has 27 heavy (non-hydrogen) atoms. The zero-order valence-corrected chi connectivity index (χ0v) is 15.8. The molecule has 0 saturated heterocycles. The second-order valence-electron chi connectivity index (χ2n) is 6.77. The number of Topliss-reactive ketones (excluding diaryl/α,β-unsaturated/α-hetero) is 1. The monoisotopic (exact) mass is 384 g/mol. The van der Waals surface area contributed by atoms with Crippen LogP contribution in [-0.4, -0.2) is 23.0 Å². The van der Waals surface area contributed by atoms with Crippen LogP contribution in [0, 0.1) is 5.92 Å². The Kier molecular flexibility index (Phi) is 5.97. The zero-order chi connectivity index (χ0) is 19.4. The molecule has 0 saturated carbocycles. The van der Waals surface area contributed by atoms with Gasteiger partial charge in [0, 0.05) is 10.9 Å². The predicted molar refractivity (Wildman–Crippen MR) is 104 cm³/mol. The number of ether oxygens (including phenoxy) is 1. The maximum absolute atomic E-state index is 12.7. The first-order valence-corrected chi connectivity index (χ1v) is 9.30. The van der Waals surface area contributed by atoms with Gasteiger partial charge in [0.1, 0.15) is 5.57 Å². The molecule has 3 rings (SSSR count). The van der Waals surface area contributed by atoms with E-state index in [0.29, 0.717) is 24.3 Å². The molecule has 0 fully saturated rings. The number of carbonyl (C=O) groups excluding carboxylic acids is 2. The van der Waals surface area contributed by atoms with Gasteiger partial charge in [-0.15, -0.1) is 0 Å². The van der Waals surface area contributed by atoms with Crippen molar-refractivity contribution in [3.05, 3.63) is 82.1 Å². The van der Waals surface area contributed by atoms with Gasteiger partial charge in [-0.3, -0.25) is 4.79 Å². The summed E-state index contributed by atoms with van der Waals surface area (Å²) in [7, 11) is 0. The molecule has 4 nitrogen and oxygen atoms in total. The predicted octanol–water partition coefficient (Wildman–Crippen LogP) is 4.46. The van der Waals surface area contributed by atoms with Gasteiger partial charge in [-0.25, -0.2) is 4.79 Å². The Morgan fingerprint density at radius 1 is 1.11 bits per heavy atom. The van der Waals surface area contributed by atoms with Gasteiger partial charge in [-0.2, -0.15) is 0 Å². The first-order valence-electron chi connectivity index (χ1n) is 8.92. The van der Waals surface area contributed by atoms with Crippen LogP contribution in [0.2, 0.25) is 5.02 Å². The first-order chi connectivity index (χ1) is 13.0. The van der Waals surface area contributed by atoms with E-state index in [0.717, 1.165) is 11.1 Å². The number of hydrogen-bond acceptors (Lipinski definition) is 4. The molecule has 0 aromatic heterocycles. The summed E-state index contributed by atoms with van der Waals surface area (Å²) < 4.78 is 5.24. The number of benzene rings is 2. The number of carbonyl (C=O) groups is 2. The Morgan fingerprint density at radius 3 is 2.44 bits per heavy atom. The highest BCUT2D eigenvalue weighted by Gasteiger charge is 2.39. The van der Waals surface area contributed by atoms with Crippen LogP contribution in [0.3, 0.4) is 0 Å². The molecule has 1 aliphatic heterocycles. The van der Waals surface area contributed by atoms with Crippen molar-refractivity contribution < 1.29 is 19.4 Å². The number of aliphatic hydroxyl groups is 1. The third-order valence-electron chi connectivity index (χ3n) is 4.70. The maximum Gasteiger partial charge on any atom is 0.346 e. The molecule has 2 aromatic rings. The van der Waals surface area contributed by atoms with Gasteiger partial charge in [-0.1, -0.05) is 61.0 Å². The van der Waals surface area contributed by atoms with E-state index < -0.39 is 23.8 Å². The van der Waals surface area contributed by atoms with Crippen LogP contribution in [0.5, 0.6) is 0 Å². The number of halogens is 1. The van der Waals surface area contributed by atoms with Crippen LogP contribution < -0.4 is 0 Å². The Balaban J connectivity index is 1.67. The van der Waals surface area contributed by atoms with Gasteiger partial charge in [-0.05, 0) is 42.5 Å². The third-order valence-corrected chi connectivity index (χ3v) is 4.95. The molecule has 2 aromatic carbocycles. The van der Waals surface area contributed by atoms with Crippen molar-refractivity contribution >= 4 is 23.4 Å². The molecule has 0 amide bonds. The van der Waals surface area contributed by atoms with Crippen molar-refractivity contribution in [1.82, 2.24) is 0 Å². The van der Waals surface area contributed by atoms with E-state index >= 15 is 0 Å². The van der Waals surface area contributed by atoms with Crippen molar-refractivity contribution in [1.29, 1.82) is 0 Å². The molecule has 0 radical (unpaired) electrons. The Labute approximate surface area is 163 Å².